The van der Waals surface area contributed by atoms with Crippen molar-refractivity contribution >= 4 is 46.6 Å². The van der Waals surface area contributed by atoms with Crippen LogP contribution in [0.2, 0.25) is 0 Å². The summed E-state index contributed by atoms with van der Waals surface area (Å²) in [6, 6.07) is 4.88. The standard InChI is InChI=1S/C33H42N6O9/c1-3-47-33(46)38-14-12-37(13-15-38)32(45)25(18-29(41)42)36-30(43)24-17-27(22-9-8-20(2)16-23(22)35-24)48-19-28(40)39-11-10-26(39)31(44)34-21-6-4-5-7-21/h8-9,16-17,21,25-26H,3-7,10-15,18-19H2,1-2H3,(H,34,44)(H,36,43)(H,41,42)/t25-,26-/m0/s1. The number of hydrogen-bond donors (Lipinski definition) is 3. The normalized spacial score (nSPS) is 18.5. The first-order chi connectivity index (χ1) is 23.0. The number of fused-ring (bicyclic) bond motifs is 1. The van der Waals surface area contributed by atoms with Gasteiger partial charge in [-0.3, -0.25) is 24.0 Å². The molecule has 15 nitrogen and oxygen atoms in total. The lowest BCUT2D eigenvalue weighted by atomic mass is 10.0. The minimum Gasteiger partial charge on any atom is -0.483 e. The molecule has 0 radical (unpaired) electrons. The van der Waals surface area contributed by atoms with E-state index in [-0.39, 0.29) is 68.7 Å². The van der Waals surface area contributed by atoms with Crippen LogP contribution in [0.5, 0.6) is 5.75 Å². The highest BCUT2D eigenvalue weighted by Crippen LogP contribution is 2.28. The number of likely N-dealkylation sites (tertiary alicyclic amines) is 1. The summed E-state index contributed by atoms with van der Waals surface area (Å²) in [5.74, 6) is -3.02. The lowest BCUT2D eigenvalue weighted by Crippen LogP contribution is -2.60. The van der Waals surface area contributed by atoms with Gasteiger partial charge in [0.15, 0.2) is 6.61 Å². The predicted molar refractivity (Wildman–Crippen MR) is 171 cm³/mol. The molecule has 2 aliphatic heterocycles. The van der Waals surface area contributed by atoms with E-state index < -0.39 is 42.4 Å². The quantitative estimate of drug-likeness (QED) is 0.317. The highest BCUT2D eigenvalue weighted by atomic mass is 16.6. The molecular weight excluding hydrogens is 624 g/mol. The Morgan fingerprint density at radius 3 is 2.33 bits per heavy atom. The minimum atomic E-state index is -1.40. The fraction of sp³-hybridized carbons (Fsp3) is 0.545. The number of carboxylic acids is 1. The van der Waals surface area contributed by atoms with Gasteiger partial charge in [0.1, 0.15) is 23.5 Å². The molecule has 1 aromatic carbocycles. The molecule has 5 amide bonds. The number of piperazine rings is 1. The van der Waals surface area contributed by atoms with E-state index in [0.29, 0.717) is 23.9 Å². The molecular formula is C33H42N6O9. The number of nitrogens with one attached hydrogen (secondary N) is 2. The first-order valence-corrected chi connectivity index (χ1v) is 16.4. The van der Waals surface area contributed by atoms with Gasteiger partial charge < -0.3 is 39.9 Å². The molecule has 1 aliphatic carbocycles. The van der Waals surface area contributed by atoms with Crippen LogP contribution in [0.4, 0.5) is 4.79 Å². The first kappa shape index (κ1) is 34.4. The second kappa shape index (κ2) is 15.3. The molecule has 0 bridgehead atoms. The molecule has 3 fully saturated rings. The second-order valence-corrected chi connectivity index (χ2v) is 12.3. The van der Waals surface area contributed by atoms with E-state index in [2.05, 4.69) is 15.6 Å². The number of aryl methyl sites for hydroxylation is 1. The van der Waals surface area contributed by atoms with Crippen molar-refractivity contribution < 1.29 is 43.3 Å². The second-order valence-electron chi connectivity index (χ2n) is 12.3. The third kappa shape index (κ3) is 8.12. The van der Waals surface area contributed by atoms with Gasteiger partial charge in [0.05, 0.1) is 18.5 Å². The molecule has 5 rings (SSSR count). The molecule has 0 spiro atoms. The van der Waals surface area contributed by atoms with Crippen LogP contribution in [0.15, 0.2) is 24.3 Å². The highest BCUT2D eigenvalue weighted by molar-refractivity contribution is 6.00. The van der Waals surface area contributed by atoms with E-state index >= 15 is 0 Å². The maximum atomic E-state index is 13.5. The number of amides is 5. The molecule has 3 aliphatic rings. The summed E-state index contributed by atoms with van der Waals surface area (Å²) in [4.78, 5) is 85.3. The Balaban J connectivity index is 1.27. The lowest BCUT2D eigenvalue weighted by Gasteiger charge is -2.40. The Kier molecular flexibility index (Phi) is 11.0. The number of benzene rings is 1. The average molecular weight is 667 g/mol. The van der Waals surface area contributed by atoms with Gasteiger partial charge >= 0.3 is 12.1 Å². The number of hydrogen-bond acceptors (Lipinski definition) is 9. The van der Waals surface area contributed by atoms with Gasteiger partial charge in [-0.2, -0.15) is 0 Å². The maximum absolute atomic E-state index is 13.5. The topological polar surface area (TPSA) is 188 Å². The molecule has 2 saturated heterocycles. The third-order valence-corrected chi connectivity index (χ3v) is 8.95. The summed E-state index contributed by atoms with van der Waals surface area (Å²) in [5, 5.41) is 15.6. The van der Waals surface area contributed by atoms with Gasteiger partial charge in [-0.25, -0.2) is 9.78 Å². The Labute approximate surface area is 277 Å². The fourth-order valence-electron chi connectivity index (χ4n) is 6.24. The van der Waals surface area contributed by atoms with Crippen LogP contribution in [0.1, 0.15) is 61.5 Å². The van der Waals surface area contributed by atoms with Crippen molar-refractivity contribution in [2.24, 2.45) is 0 Å². The van der Waals surface area contributed by atoms with Crippen molar-refractivity contribution in [1.29, 1.82) is 0 Å². The summed E-state index contributed by atoms with van der Waals surface area (Å²) < 4.78 is 10.9. The summed E-state index contributed by atoms with van der Waals surface area (Å²) >= 11 is 0. The molecule has 1 saturated carbocycles. The minimum absolute atomic E-state index is 0.136. The van der Waals surface area contributed by atoms with Crippen LogP contribution in [0.3, 0.4) is 0 Å². The van der Waals surface area contributed by atoms with Crippen molar-refractivity contribution in [3.63, 3.8) is 0 Å². The van der Waals surface area contributed by atoms with Gasteiger partial charge in [-0.05, 0) is 50.8 Å². The number of rotatable bonds is 11. The zero-order valence-corrected chi connectivity index (χ0v) is 27.2. The monoisotopic (exact) mass is 666 g/mol. The van der Waals surface area contributed by atoms with Crippen LogP contribution >= 0.6 is 0 Å². The molecule has 3 N–H and O–H groups in total. The van der Waals surface area contributed by atoms with Crippen LogP contribution in [0.25, 0.3) is 10.9 Å². The van der Waals surface area contributed by atoms with E-state index in [4.69, 9.17) is 9.47 Å². The summed E-state index contributed by atoms with van der Waals surface area (Å²) in [7, 11) is 0. The molecule has 2 aromatic rings. The Morgan fingerprint density at radius 1 is 0.979 bits per heavy atom. The number of carbonyl (C=O) groups excluding carboxylic acids is 5. The van der Waals surface area contributed by atoms with Crippen molar-refractivity contribution in [3.8, 4) is 5.75 Å². The Bertz CT molecular complexity index is 1570. The number of carboxylic acid groups (broad SMARTS) is 1. The molecule has 258 valence electrons. The number of aliphatic carboxylic acids is 1. The third-order valence-electron chi connectivity index (χ3n) is 8.95. The summed E-state index contributed by atoms with van der Waals surface area (Å²) in [6.45, 7) is 4.51. The number of nitrogens with zero attached hydrogens (tertiary/aromatic N) is 4. The number of aromatic nitrogens is 1. The highest BCUT2D eigenvalue weighted by Gasteiger charge is 2.39. The zero-order valence-electron chi connectivity index (χ0n) is 27.2. The van der Waals surface area contributed by atoms with Crippen LogP contribution in [0, 0.1) is 6.92 Å². The molecule has 0 unspecified atom stereocenters. The maximum Gasteiger partial charge on any atom is 0.409 e. The van der Waals surface area contributed by atoms with Gasteiger partial charge in [0, 0.05) is 50.2 Å². The number of pyridine rings is 1. The van der Waals surface area contributed by atoms with E-state index in [1.54, 1.807) is 19.1 Å². The van der Waals surface area contributed by atoms with E-state index in [1.165, 1.54) is 20.8 Å². The van der Waals surface area contributed by atoms with Crippen LogP contribution in [-0.4, -0.2) is 125 Å². The molecule has 1 aromatic heterocycles. The van der Waals surface area contributed by atoms with Crippen molar-refractivity contribution in [3.05, 3.63) is 35.5 Å². The summed E-state index contributed by atoms with van der Waals surface area (Å²) in [5.41, 5.74) is 1.12. The van der Waals surface area contributed by atoms with Gasteiger partial charge in [0.2, 0.25) is 11.8 Å². The molecule has 15 heteroatoms. The van der Waals surface area contributed by atoms with Gasteiger partial charge in [-0.1, -0.05) is 18.9 Å². The predicted octanol–water partition coefficient (Wildman–Crippen LogP) is 1.46. The van der Waals surface area contributed by atoms with E-state index in [0.717, 1.165) is 31.2 Å². The first-order valence-electron chi connectivity index (χ1n) is 16.4. The smallest absolute Gasteiger partial charge is 0.409 e. The Hall–Kier alpha value is -4.95. The Morgan fingerprint density at radius 2 is 1.69 bits per heavy atom. The van der Waals surface area contributed by atoms with E-state index in [1.807, 2.05) is 13.0 Å². The lowest BCUT2D eigenvalue weighted by molar-refractivity contribution is -0.149. The van der Waals surface area contributed by atoms with Crippen LogP contribution < -0.4 is 15.4 Å². The SMILES string of the molecule is CCOC(=O)N1CCN(C(=O)[C@H](CC(=O)O)NC(=O)c2cc(OCC(=O)N3CC[C@H]3C(=O)NC3CCCC3)c3ccc(C)cc3n2)CC1. The van der Waals surface area contributed by atoms with Crippen molar-refractivity contribution in [2.45, 2.75) is 70.5 Å². The molecule has 2 atom stereocenters. The van der Waals surface area contributed by atoms with Crippen molar-refractivity contribution in [1.82, 2.24) is 30.3 Å². The van der Waals surface area contributed by atoms with Gasteiger partial charge in [-0.15, -0.1) is 0 Å². The average Bonchev–Trinajstić information content (AvgIpc) is 3.55. The zero-order chi connectivity index (χ0) is 34.4. The number of carbonyl (C=O) groups is 6. The molecule has 3 heterocycles. The van der Waals surface area contributed by atoms with Crippen LogP contribution in [-0.2, 0) is 23.9 Å². The summed E-state index contributed by atoms with van der Waals surface area (Å²) in [6.07, 6.45) is 3.46. The molecule has 48 heavy (non-hydrogen) atoms. The number of ether oxygens (including phenoxy) is 2. The van der Waals surface area contributed by atoms with Gasteiger partial charge in [0.25, 0.3) is 11.8 Å². The largest absolute Gasteiger partial charge is 0.483 e. The fourth-order valence-corrected chi connectivity index (χ4v) is 6.24. The van der Waals surface area contributed by atoms with Crippen molar-refractivity contribution in [2.75, 3.05) is 45.9 Å². The van der Waals surface area contributed by atoms with E-state index in [9.17, 15) is 33.9 Å².